The first kappa shape index (κ1) is 23.6. The highest BCUT2D eigenvalue weighted by Crippen LogP contribution is 2.26. The lowest BCUT2D eigenvalue weighted by Crippen LogP contribution is -2.34. The molecule has 0 saturated carbocycles. The van der Waals surface area contributed by atoms with Crippen LogP contribution in [-0.2, 0) is 17.6 Å². The highest BCUT2D eigenvalue weighted by Gasteiger charge is 2.22. The van der Waals surface area contributed by atoms with Crippen LogP contribution < -0.4 is 15.4 Å². The number of rotatable bonds is 8. The summed E-state index contributed by atoms with van der Waals surface area (Å²) in [6.45, 7) is 3.86. The summed E-state index contributed by atoms with van der Waals surface area (Å²) in [6.07, 6.45) is 4.44. The van der Waals surface area contributed by atoms with Gasteiger partial charge in [-0.1, -0.05) is 55.5 Å². The Morgan fingerprint density at radius 3 is 2.38 bits per heavy atom. The van der Waals surface area contributed by atoms with Gasteiger partial charge in [-0.15, -0.1) is 0 Å². The van der Waals surface area contributed by atoms with Crippen molar-refractivity contribution in [3.05, 3.63) is 95.1 Å². The van der Waals surface area contributed by atoms with Crippen molar-refractivity contribution in [3.8, 4) is 5.75 Å². The largest absolute Gasteiger partial charge is 0.481 e. The molecule has 0 fully saturated rings. The van der Waals surface area contributed by atoms with Gasteiger partial charge in [0.1, 0.15) is 5.75 Å². The molecule has 4 rings (SSSR count). The second kappa shape index (κ2) is 11.0. The average Bonchev–Trinajstić information content (AvgIpc) is 2.87. The van der Waals surface area contributed by atoms with Gasteiger partial charge in [0.05, 0.1) is 17.3 Å². The topological polar surface area (TPSA) is 67.4 Å². The standard InChI is InChI=1S/C29H32N2O3/c1-3-27(34-24-18-17-22-13-7-8-14-23(22)19-24)29(33)31-26-16-10-9-15-25(26)28(32)30-20(2)21-11-5-4-6-12-21/h4-6,9-12,15-20,27H,3,7-8,13-14H2,1-2H3,(H,30,32)(H,31,33)/t20-,27-/m0/s1. The molecule has 0 spiro atoms. The third-order valence-electron chi connectivity index (χ3n) is 6.34. The Morgan fingerprint density at radius 2 is 1.62 bits per heavy atom. The van der Waals surface area contributed by atoms with Crippen LogP contribution in [0.15, 0.2) is 72.8 Å². The van der Waals surface area contributed by atoms with Gasteiger partial charge < -0.3 is 15.4 Å². The monoisotopic (exact) mass is 456 g/mol. The van der Waals surface area contributed by atoms with Crippen molar-refractivity contribution in [3.63, 3.8) is 0 Å². The summed E-state index contributed by atoms with van der Waals surface area (Å²) < 4.78 is 6.07. The van der Waals surface area contributed by atoms with E-state index in [-0.39, 0.29) is 17.9 Å². The number of hydrogen-bond acceptors (Lipinski definition) is 3. The number of ether oxygens (including phenoxy) is 1. The Hall–Kier alpha value is -3.60. The molecule has 3 aromatic carbocycles. The molecule has 5 heteroatoms. The van der Waals surface area contributed by atoms with Crippen LogP contribution in [0.2, 0.25) is 0 Å². The maximum Gasteiger partial charge on any atom is 0.265 e. The fourth-order valence-corrected chi connectivity index (χ4v) is 4.37. The van der Waals surface area contributed by atoms with Crippen molar-refractivity contribution in [2.24, 2.45) is 0 Å². The molecule has 0 aliphatic heterocycles. The van der Waals surface area contributed by atoms with Gasteiger partial charge in [-0.2, -0.15) is 0 Å². The van der Waals surface area contributed by atoms with E-state index in [1.165, 1.54) is 24.0 Å². The van der Waals surface area contributed by atoms with E-state index >= 15 is 0 Å². The first-order valence-corrected chi connectivity index (χ1v) is 12.1. The van der Waals surface area contributed by atoms with E-state index in [4.69, 9.17) is 4.74 Å². The van der Waals surface area contributed by atoms with E-state index in [1.54, 1.807) is 24.3 Å². The van der Waals surface area contributed by atoms with Crippen molar-refractivity contribution >= 4 is 17.5 Å². The lowest BCUT2D eigenvalue weighted by atomic mass is 9.92. The average molecular weight is 457 g/mol. The van der Waals surface area contributed by atoms with Gasteiger partial charge in [0.25, 0.3) is 11.8 Å². The van der Waals surface area contributed by atoms with E-state index in [0.717, 1.165) is 18.4 Å². The van der Waals surface area contributed by atoms with Crippen LogP contribution in [-0.4, -0.2) is 17.9 Å². The van der Waals surface area contributed by atoms with Crippen LogP contribution in [0.3, 0.4) is 0 Å². The summed E-state index contributed by atoms with van der Waals surface area (Å²) in [5.74, 6) is 0.206. The number of nitrogens with one attached hydrogen (secondary N) is 2. The van der Waals surface area contributed by atoms with E-state index in [0.29, 0.717) is 23.4 Å². The number of benzene rings is 3. The maximum absolute atomic E-state index is 13.1. The normalized spacial score (nSPS) is 14.4. The number of amides is 2. The van der Waals surface area contributed by atoms with Crippen molar-refractivity contribution in [1.29, 1.82) is 0 Å². The highest BCUT2D eigenvalue weighted by molar-refractivity contribution is 6.04. The van der Waals surface area contributed by atoms with Crippen molar-refractivity contribution in [2.75, 3.05) is 5.32 Å². The molecule has 34 heavy (non-hydrogen) atoms. The van der Waals surface area contributed by atoms with Crippen molar-refractivity contribution < 1.29 is 14.3 Å². The minimum Gasteiger partial charge on any atom is -0.481 e. The molecular formula is C29H32N2O3. The SMILES string of the molecule is CC[C@H](Oc1ccc2c(c1)CCCC2)C(=O)Nc1ccccc1C(=O)N[C@@H](C)c1ccccc1. The first-order chi connectivity index (χ1) is 16.5. The zero-order valence-corrected chi connectivity index (χ0v) is 19.8. The predicted octanol–water partition coefficient (Wildman–Crippen LogP) is 5.85. The molecule has 176 valence electrons. The third kappa shape index (κ3) is 5.66. The van der Waals surface area contributed by atoms with Gasteiger partial charge in [0.2, 0.25) is 0 Å². The molecule has 0 aromatic heterocycles. The van der Waals surface area contributed by atoms with Gasteiger partial charge in [-0.25, -0.2) is 0 Å². The molecule has 0 saturated heterocycles. The van der Waals surface area contributed by atoms with E-state index < -0.39 is 6.10 Å². The Bertz CT molecular complexity index is 1140. The van der Waals surface area contributed by atoms with Crippen LogP contribution in [0.1, 0.15) is 66.2 Å². The molecule has 2 atom stereocenters. The molecule has 2 amide bonds. The van der Waals surface area contributed by atoms with Gasteiger partial charge in [-0.05, 0) is 80.0 Å². The van der Waals surface area contributed by atoms with E-state index in [2.05, 4.69) is 22.8 Å². The summed E-state index contributed by atoms with van der Waals surface area (Å²) in [7, 11) is 0. The highest BCUT2D eigenvalue weighted by atomic mass is 16.5. The molecule has 0 bridgehead atoms. The Labute approximate surface area is 201 Å². The lowest BCUT2D eigenvalue weighted by Gasteiger charge is -2.21. The molecule has 1 aliphatic rings. The van der Waals surface area contributed by atoms with Crippen LogP contribution in [0.25, 0.3) is 0 Å². The third-order valence-corrected chi connectivity index (χ3v) is 6.34. The molecule has 1 aliphatic carbocycles. The molecule has 2 N–H and O–H groups in total. The Kier molecular flexibility index (Phi) is 7.63. The van der Waals surface area contributed by atoms with Crippen molar-refractivity contribution in [1.82, 2.24) is 5.32 Å². The fourth-order valence-electron chi connectivity index (χ4n) is 4.37. The second-order valence-electron chi connectivity index (χ2n) is 8.79. The lowest BCUT2D eigenvalue weighted by molar-refractivity contribution is -0.122. The minimum atomic E-state index is -0.652. The molecule has 0 radical (unpaired) electrons. The fraction of sp³-hybridized carbons (Fsp3) is 0.310. The first-order valence-electron chi connectivity index (χ1n) is 12.1. The number of para-hydroxylation sites is 1. The number of fused-ring (bicyclic) bond motifs is 1. The van der Waals surface area contributed by atoms with Gasteiger partial charge in [0, 0.05) is 0 Å². The predicted molar refractivity (Wildman–Crippen MR) is 135 cm³/mol. The van der Waals surface area contributed by atoms with Crippen molar-refractivity contribution in [2.45, 2.75) is 58.1 Å². The zero-order chi connectivity index (χ0) is 23.9. The summed E-state index contributed by atoms with van der Waals surface area (Å²) >= 11 is 0. The maximum atomic E-state index is 13.1. The number of hydrogen-bond donors (Lipinski definition) is 2. The van der Waals surface area contributed by atoms with E-state index in [1.807, 2.05) is 50.2 Å². The summed E-state index contributed by atoms with van der Waals surface area (Å²) in [5.41, 5.74) is 4.59. The van der Waals surface area contributed by atoms with Crippen LogP contribution in [0, 0.1) is 0 Å². The zero-order valence-electron chi connectivity index (χ0n) is 19.8. The number of carbonyl (C=O) groups excluding carboxylic acids is 2. The molecule has 3 aromatic rings. The minimum absolute atomic E-state index is 0.159. The quantitative estimate of drug-likeness (QED) is 0.447. The Balaban J connectivity index is 1.44. The van der Waals surface area contributed by atoms with Crippen LogP contribution in [0.4, 0.5) is 5.69 Å². The molecule has 0 heterocycles. The van der Waals surface area contributed by atoms with Gasteiger partial charge in [0.15, 0.2) is 6.10 Å². The van der Waals surface area contributed by atoms with Crippen LogP contribution >= 0.6 is 0 Å². The second-order valence-corrected chi connectivity index (χ2v) is 8.79. The molecule has 0 unspecified atom stereocenters. The summed E-state index contributed by atoms with van der Waals surface area (Å²) in [6, 6.07) is 22.8. The molecule has 5 nitrogen and oxygen atoms in total. The number of anilines is 1. The van der Waals surface area contributed by atoms with Gasteiger partial charge >= 0.3 is 0 Å². The number of carbonyl (C=O) groups is 2. The van der Waals surface area contributed by atoms with Crippen LogP contribution in [0.5, 0.6) is 5.75 Å². The summed E-state index contributed by atoms with van der Waals surface area (Å²) in [5, 5.41) is 5.93. The van der Waals surface area contributed by atoms with Gasteiger partial charge in [-0.3, -0.25) is 9.59 Å². The smallest absolute Gasteiger partial charge is 0.265 e. The molecular weight excluding hydrogens is 424 g/mol. The summed E-state index contributed by atoms with van der Waals surface area (Å²) in [4.78, 5) is 26.1. The number of aryl methyl sites for hydroxylation is 2. The Morgan fingerprint density at radius 1 is 0.912 bits per heavy atom. The van der Waals surface area contributed by atoms with E-state index in [9.17, 15) is 9.59 Å².